The van der Waals surface area contributed by atoms with Crippen molar-refractivity contribution in [2.75, 3.05) is 11.9 Å². The Hall–Kier alpha value is -2.34. The van der Waals surface area contributed by atoms with Crippen molar-refractivity contribution >= 4 is 29.2 Å². The van der Waals surface area contributed by atoms with Crippen molar-refractivity contribution in [2.24, 2.45) is 5.10 Å². The van der Waals surface area contributed by atoms with Crippen LogP contribution in [0.25, 0.3) is 0 Å². The molecular weight excluding hydrogens is 286 g/mol. The lowest BCUT2D eigenvalue weighted by Crippen LogP contribution is -2.23. The van der Waals surface area contributed by atoms with E-state index in [1.807, 2.05) is 50.2 Å². The van der Waals surface area contributed by atoms with Crippen molar-refractivity contribution in [3.63, 3.8) is 0 Å². The third-order valence-corrected chi connectivity index (χ3v) is 2.74. The number of hydrogen-bond acceptors (Lipinski definition) is 4. The summed E-state index contributed by atoms with van der Waals surface area (Å²) >= 11 is 5.14. The van der Waals surface area contributed by atoms with E-state index >= 15 is 0 Å². The number of hydrazone groups is 1. The van der Waals surface area contributed by atoms with Gasteiger partial charge in [-0.25, -0.2) is 0 Å². The van der Waals surface area contributed by atoms with E-state index in [4.69, 9.17) is 21.4 Å². The van der Waals surface area contributed by atoms with Crippen LogP contribution in [0.5, 0.6) is 5.75 Å². The molecule has 0 unspecified atom stereocenters. The molecule has 0 fully saturated rings. The van der Waals surface area contributed by atoms with E-state index in [9.17, 15) is 0 Å². The molecule has 2 N–H and O–H groups in total. The van der Waals surface area contributed by atoms with Gasteiger partial charge >= 0.3 is 0 Å². The molecule has 0 radical (unpaired) electrons. The van der Waals surface area contributed by atoms with Crippen molar-refractivity contribution in [1.29, 1.82) is 0 Å². The smallest absolute Gasteiger partial charge is 0.191 e. The lowest BCUT2D eigenvalue weighted by molar-refractivity contribution is 0.340. The molecular formula is C15H17N3O2S. The number of hydrogen-bond donors (Lipinski definition) is 2. The van der Waals surface area contributed by atoms with Gasteiger partial charge in [0.2, 0.25) is 0 Å². The third kappa shape index (κ3) is 4.92. The highest BCUT2D eigenvalue weighted by Gasteiger charge is 1.98. The molecule has 1 heterocycles. The Morgan fingerprint density at radius 3 is 2.67 bits per heavy atom. The zero-order chi connectivity index (χ0) is 15.1. The number of thiocarbonyl (C=S) groups is 1. The van der Waals surface area contributed by atoms with Crippen LogP contribution < -0.4 is 15.5 Å². The molecule has 0 aliphatic carbocycles. The lowest BCUT2D eigenvalue weighted by Gasteiger charge is -2.08. The fourth-order valence-electron chi connectivity index (χ4n) is 1.64. The summed E-state index contributed by atoms with van der Waals surface area (Å²) in [7, 11) is 0. The van der Waals surface area contributed by atoms with Gasteiger partial charge in [-0.3, -0.25) is 5.43 Å². The van der Waals surface area contributed by atoms with Gasteiger partial charge in [0.15, 0.2) is 5.11 Å². The molecule has 0 aliphatic rings. The number of ether oxygens (including phenoxy) is 1. The highest BCUT2D eigenvalue weighted by atomic mass is 32.1. The molecule has 2 rings (SSSR count). The molecule has 21 heavy (non-hydrogen) atoms. The predicted molar refractivity (Wildman–Crippen MR) is 88.0 cm³/mol. The second-order valence-electron chi connectivity index (χ2n) is 4.23. The van der Waals surface area contributed by atoms with Gasteiger partial charge in [-0.1, -0.05) is 0 Å². The standard InChI is InChI=1S/C15H17N3O2S/c1-3-19-13-8-5-12(6-9-13)17-15(21)18-16-10-14-7-4-11(2)20-14/h4-10H,3H2,1-2H3,(H2,17,18,21)/b16-10-. The van der Waals surface area contributed by atoms with E-state index in [0.717, 1.165) is 17.2 Å². The zero-order valence-corrected chi connectivity index (χ0v) is 12.7. The molecule has 6 heteroatoms. The highest BCUT2D eigenvalue weighted by Crippen LogP contribution is 2.15. The van der Waals surface area contributed by atoms with Crippen LogP contribution in [-0.2, 0) is 0 Å². The molecule has 0 amide bonds. The molecule has 0 bridgehead atoms. The van der Waals surface area contributed by atoms with Gasteiger partial charge in [-0.15, -0.1) is 0 Å². The van der Waals surface area contributed by atoms with Crippen molar-refractivity contribution in [2.45, 2.75) is 13.8 Å². The van der Waals surface area contributed by atoms with Crippen molar-refractivity contribution in [1.82, 2.24) is 5.43 Å². The first-order valence-corrected chi connectivity index (χ1v) is 6.97. The number of aryl methyl sites for hydroxylation is 1. The fourth-order valence-corrected chi connectivity index (χ4v) is 1.81. The second kappa shape index (κ2) is 7.44. The minimum absolute atomic E-state index is 0.402. The Kier molecular flexibility index (Phi) is 5.34. The van der Waals surface area contributed by atoms with Gasteiger partial charge in [0.05, 0.1) is 12.8 Å². The molecule has 0 aliphatic heterocycles. The van der Waals surface area contributed by atoms with E-state index in [1.165, 1.54) is 0 Å². The Balaban J connectivity index is 1.82. The molecule has 0 atom stereocenters. The van der Waals surface area contributed by atoms with Crippen molar-refractivity contribution in [3.8, 4) is 5.75 Å². The average molecular weight is 303 g/mol. The molecule has 1 aromatic heterocycles. The summed E-state index contributed by atoms with van der Waals surface area (Å²) < 4.78 is 10.7. The SMILES string of the molecule is CCOc1ccc(NC(=S)N/N=C\c2ccc(C)o2)cc1. The van der Waals surface area contributed by atoms with E-state index in [0.29, 0.717) is 17.5 Å². The zero-order valence-electron chi connectivity index (χ0n) is 11.9. The molecule has 2 aromatic rings. The van der Waals surface area contributed by atoms with Crippen LogP contribution in [0.3, 0.4) is 0 Å². The summed E-state index contributed by atoms with van der Waals surface area (Å²) in [5, 5.41) is 7.43. The van der Waals surface area contributed by atoms with Gasteiger partial charge in [0.1, 0.15) is 17.3 Å². The molecule has 0 saturated carbocycles. The first-order chi connectivity index (χ1) is 10.2. The summed E-state index contributed by atoms with van der Waals surface area (Å²) in [5.41, 5.74) is 3.59. The number of anilines is 1. The second-order valence-corrected chi connectivity index (χ2v) is 4.64. The van der Waals surface area contributed by atoms with Crippen molar-refractivity contribution < 1.29 is 9.15 Å². The Morgan fingerprint density at radius 2 is 2.05 bits per heavy atom. The van der Waals surface area contributed by atoms with Crippen LogP contribution in [0.1, 0.15) is 18.4 Å². The molecule has 110 valence electrons. The maximum absolute atomic E-state index is 5.37. The van der Waals surface area contributed by atoms with E-state index < -0.39 is 0 Å². The number of rotatable bonds is 5. The highest BCUT2D eigenvalue weighted by molar-refractivity contribution is 7.80. The lowest BCUT2D eigenvalue weighted by atomic mass is 10.3. The topological polar surface area (TPSA) is 58.8 Å². The largest absolute Gasteiger partial charge is 0.494 e. The van der Waals surface area contributed by atoms with Gasteiger partial charge in [-0.05, 0) is 62.5 Å². The molecule has 1 aromatic carbocycles. The monoisotopic (exact) mass is 303 g/mol. The van der Waals surface area contributed by atoms with Crippen LogP contribution in [0, 0.1) is 6.92 Å². The fraction of sp³-hybridized carbons (Fsp3) is 0.200. The van der Waals surface area contributed by atoms with Crippen LogP contribution in [-0.4, -0.2) is 17.9 Å². The Bertz CT molecular complexity index is 620. The summed E-state index contributed by atoms with van der Waals surface area (Å²) in [6.45, 7) is 4.47. The number of nitrogens with one attached hydrogen (secondary N) is 2. The van der Waals surface area contributed by atoms with Crippen LogP contribution in [0.15, 0.2) is 45.9 Å². The van der Waals surface area contributed by atoms with Crippen LogP contribution in [0.2, 0.25) is 0 Å². The van der Waals surface area contributed by atoms with E-state index in [-0.39, 0.29) is 0 Å². The first-order valence-electron chi connectivity index (χ1n) is 6.56. The first kappa shape index (κ1) is 15.1. The van der Waals surface area contributed by atoms with Crippen molar-refractivity contribution in [3.05, 3.63) is 47.9 Å². The van der Waals surface area contributed by atoms with Crippen LogP contribution >= 0.6 is 12.2 Å². The number of nitrogens with zero attached hydrogens (tertiary/aromatic N) is 1. The van der Waals surface area contributed by atoms with E-state index in [1.54, 1.807) is 6.21 Å². The molecule has 0 saturated heterocycles. The van der Waals surface area contributed by atoms with E-state index in [2.05, 4.69) is 15.8 Å². The average Bonchev–Trinajstić information content (AvgIpc) is 2.87. The third-order valence-electron chi connectivity index (χ3n) is 2.54. The number of furan rings is 1. The van der Waals surface area contributed by atoms with Crippen LogP contribution in [0.4, 0.5) is 5.69 Å². The molecule has 5 nitrogen and oxygen atoms in total. The van der Waals surface area contributed by atoms with Gasteiger partial charge in [-0.2, -0.15) is 5.10 Å². The predicted octanol–water partition coefficient (Wildman–Crippen LogP) is 3.31. The maximum atomic E-state index is 5.37. The summed E-state index contributed by atoms with van der Waals surface area (Å²) in [6.07, 6.45) is 1.57. The summed E-state index contributed by atoms with van der Waals surface area (Å²) in [6, 6.07) is 11.2. The van der Waals surface area contributed by atoms with Gasteiger partial charge < -0.3 is 14.5 Å². The quantitative estimate of drug-likeness (QED) is 0.504. The summed E-state index contributed by atoms with van der Waals surface area (Å²) in [5.74, 6) is 2.34. The Morgan fingerprint density at radius 1 is 1.29 bits per heavy atom. The Labute approximate surface area is 129 Å². The molecule has 0 spiro atoms. The normalized spacial score (nSPS) is 10.6. The van der Waals surface area contributed by atoms with Gasteiger partial charge in [0, 0.05) is 5.69 Å². The summed E-state index contributed by atoms with van der Waals surface area (Å²) in [4.78, 5) is 0. The minimum Gasteiger partial charge on any atom is -0.494 e. The maximum Gasteiger partial charge on any atom is 0.191 e. The minimum atomic E-state index is 0.402. The number of benzene rings is 1. The van der Waals surface area contributed by atoms with Gasteiger partial charge in [0.25, 0.3) is 0 Å².